The molecule has 1 aliphatic heterocycles. The molecular weight excluding hydrogens is 149 g/mol. The van der Waals surface area contributed by atoms with Gasteiger partial charge in [0.25, 0.3) is 0 Å². The van der Waals surface area contributed by atoms with Crippen molar-refractivity contribution in [1.29, 1.82) is 0 Å². The van der Waals surface area contributed by atoms with E-state index in [4.69, 9.17) is 0 Å². The maximum Gasteiger partial charge on any atom is 0.428 e. The Morgan fingerprint density at radius 1 is 1.30 bits per heavy atom. The molecule has 1 aliphatic rings. The van der Waals surface area contributed by atoms with Gasteiger partial charge in [-0.3, -0.25) is 0 Å². The lowest BCUT2D eigenvalue weighted by atomic mass is 10.3. The Morgan fingerprint density at radius 3 is 2.30 bits per heavy atom. The van der Waals surface area contributed by atoms with Crippen molar-refractivity contribution >= 4 is 0 Å². The fourth-order valence-corrected chi connectivity index (χ4v) is 0.520. The number of hydrogen-bond acceptors (Lipinski definition) is 2. The average Bonchev–Trinajstić information content (AvgIpc) is 1.88. The SMILES string of the molecule is FC(F)(F)C1COC=CO1. The van der Waals surface area contributed by atoms with Gasteiger partial charge < -0.3 is 9.47 Å². The van der Waals surface area contributed by atoms with Gasteiger partial charge in [-0.1, -0.05) is 0 Å². The van der Waals surface area contributed by atoms with Crippen molar-refractivity contribution in [2.45, 2.75) is 12.3 Å². The minimum Gasteiger partial charge on any atom is -0.494 e. The van der Waals surface area contributed by atoms with E-state index in [1.54, 1.807) is 0 Å². The van der Waals surface area contributed by atoms with Gasteiger partial charge in [0.05, 0.1) is 0 Å². The Bertz CT molecular complexity index is 140. The van der Waals surface area contributed by atoms with Gasteiger partial charge in [-0.15, -0.1) is 0 Å². The van der Waals surface area contributed by atoms with E-state index < -0.39 is 18.9 Å². The number of ether oxygens (including phenoxy) is 2. The third-order valence-corrected chi connectivity index (χ3v) is 1.01. The van der Waals surface area contributed by atoms with E-state index in [2.05, 4.69) is 9.47 Å². The van der Waals surface area contributed by atoms with Crippen molar-refractivity contribution in [2.24, 2.45) is 0 Å². The van der Waals surface area contributed by atoms with Crippen molar-refractivity contribution in [1.82, 2.24) is 0 Å². The fourth-order valence-electron chi connectivity index (χ4n) is 0.520. The standard InChI is InChI=1S/C5H5F3O2/c6-5(7,8)4-3-9-1-2-10-4/h1-2,4H,3H2. The summed E-state index contributed by atoms with van der Waals surface area (Å²) in [7, 11) is 0. The minimum absolute atomic E-state index is 0.458. The zero-order chi connectivity index (χ0) is 7.61. The molecule has 5 heteroatoms. The van der Waals surface area contributed by atoms with Crippen LogP contribution < -0.4 is 0 Å². The number of halogens is 3. The predicted octanol–water partition coefficient (Wildman–Crippen LogP) is 1.44. The summed E-state index contributed by atoms with van der Waals surface area (Å²) < 4.78 is 43.7. The van der Waals surface area contributed by atoms with Gasteiger partial charge in [0.15, 0.2) is 0 Å². The summed E-state index contributed by atoms with van der Waals surface area (Å²) in [6.45, 7) is -0.458. The third kappa shape index (κ3) is 1.55. The van der Waals surface area contributed by atoms with Crippen molar-refractivity contribution in [3.05, 3.63) is 12.5 Å². The molecule has 0 amide bonds. The first kappa shape index (κ1) is 7.24. The maximum atomic E-state index is 11.7. The minimum atomic E-state index is -4.33. The van der Waals surface area contributed by atoms with E-state index in [-0.39, 0.29) is 0 Å². The molecule has 58 valence electrons. The summed E-state index contributed by atoms with van der Waals surface area (Å²) >= 11 is 0. The van der Waals surface area contributed by atoms with E-state index in [0.717, 1.165) is 12.5 Å². The Morgan fingerprint density at radius 2 is 2.00 bits per heavy atom. The van der Waals surface area contributed by atoms with Gasteiger partial charge in [0.1, 0.15) is 19.1 Å². The first-order valence-electron chi connectivity index (χ1n) is 2.59. The van der Waals surface area contributed by atoms with Crippen LogP contribution >= 0.6 is 0 Å². The van der Waals surface area contributed by atoms with E-state index >= 15 is 0 Å². The molecule has 0 bridgehead atoms. The Kier molecular flexibility index (Phi) is 1.74. The van der Waals surface area contributed by atoms with Crippen molar-refractivity contribution in [3.8, 4) is 0 Å². The topological polar surface area (TPSA) is 18.5 Å². The second-order valence-corrected chi connectivity index (χ2v) is 1.77. The van der Waals surface area contributed by atoms with Crippen LogP contribution in [-0.4, -0.2) is 18.9 Å². The number of alkyl halides is 3. The van der Waals surface area contributed by atoms with E-state index in [0.29, 0.717) is 0 Å². The highest BCUT2D eigenvalue weighted by molar-refractivity contribution is 4.77. The highest BCUT2D eigenvalue weighted by Crippen LogP contribution is 2.24. The summed E-state index contributed by atoms with van der Waals surface area (Å²) in [5.74, 6) is 0. The highest BCUT2D eigenvalue weighted by Gasteiger charge is 2.42. The molecular formula is C5H5F3O2. The predicted molar refractivity (Wildman–Crippen MR) is 26.0 cm³/mol. The normalized spacial score (nSPS) is 25.3. The van der Waals surface area contributed by atoms with Crippen LogP contribution in [0.5, 0.6) is 0 Å². The molecule has 10 heavy (non-hydrogen) atoms. The molecule has 0 fully saturated rings. The van der Waals surface area contributed by atoms with Crippen molar-refractivity contribution < 1.29 is 22.6 Å². The van der Waals surface area contributed by atoms with Crippen LogP contribution in [0.15, 0.2) is 12.5 Å². The molecule has 0 spiro atoms. The van der Waals surface area contributed by atoms with Gasteiger partial charge >= 0.3 is 6.18 Å². The Balaban J connectivity index is 2.49. The largest absolute Gasteiger partial charge is 0.494 e. The van der Waals surface area contributed by atoms with Crippen LogP contribution in [0.25, 0.3) is 0 Å². The summed E-state index contributed by atoms with van der Waals surface area (Å²) in [4.78, 5) is 0. The monoisotopic (exact) mass is 154 g/mol. The van der Waals surface area contributed by atoms with Gasteiger partial charge in [0.2, 0.25) is 6.10 Å². The zero-order valence-electron chi connectivity index (χ0n) is 4.89. The molecule has 0 aromatic heterocycles. The van der Waals surface area contributed by atoms with E-state index in [9.17, 15) is 13.2 Å². The molecule has 2 nitrogen and oxygen atoms in total. The van der Waals surface area contributed by atoms with Crippen LogP contribution in [0.3, 0.4) is 0 Å². The molecule has 0 saturated carbocycles. The smallest absolute Gasteiger partial charge is 0.428 e. The zero-order valence-corrected chi connectivity index (χ0v) is 4.89. The Labute approximate surface area is 55.2 Å². The van der Waals surface area contributed by atoms with Gasteiger partial charge in [-0.2, -0.15) is 13.2 Å². The Hall–Kier alpha value is -0.870. The summed E-state index contributed by atoms with van der Waals surface area (Å²) in [5, 5.41) is 0. The molecule has 1 unspecified atom stereocenters. The molecule has 0 saturated heterocycles. The lowest BCUT2D eigenvalue weighted by Crippen LogP contribution is -2.35. The lowest BCUT2D eigenvalue weighted by Gasteiger charge is -2.21. The fraction of sp³-hybridized carbons (Fsp3) is 0.600. The van der Waals surface area contributed by atoms with E-state index in [1.807, 2.05) is 0 Å². The van der Waals surface area contributed by atoms with Gasteiger partial charge in [-0.05, 0) is 0 Å². The highest BCUT2D eigenvalue weighted by atomic mass is 19.4. The van der Waals surface area contributed by atoms with Crippen LogP contribution in [0.1, 0.15) is 0 Å². The molecule has 0 N–H and O–H groups in total. The number of hydrogen-bond donors (Lipinski definition) is 0. The molecule has 0 radical (unpaired) electrons. The molecule has 0 aliphatic carbocycles. The average molecular weight is 154 g/mol. The van der Waals surface area contributed by atoms with Crippen molar-refractivity contribution in [2.75, 3.05) is 6.61 Å². The van der Waals surface area contributed by atoms with E-state index in [1.165, 1.54) is 0 Å². The summed E-state index contributed by atoms with van der Waals surface area (Å²) in [6, 6.07) is 0. The first-order chi connectivity index (χ1) is 4.61. The summed E-state index contributed by atoms with van der Waals surface area (Å²) in [5.41, 5.74) is 0. The molecule has 1 rings (SSSR count). The van der Waals surface area contributed by atoms with Crippen LogP contribution in [-0.2, 0) is 9.47 Å². The van der Waals surface area contributed by atoms with Crippen LogP contribution in [0.2, 0.25) is 0 Å². The van der Waals surface area contributed by atoms with Crippen molar-refractivity contribution in [3.63, 3.8) is 0 Å². The third-order valence-electron chi connectivity index (χ3n) is 1.01. The lowest BCUT2D eigenvalue weighted by molar-refractivity contribution is -0.221. The van der Waals surface area contributed by atoms with Gasteiger partial charge in [0, 0.05) is 0 Å². The van der Waals surface area contributed by atoms with Crippen LogP contribution in [0, 0.1) is 0 Å². The summed E-state index contributed by atoms with van der Waals surface area (Å²) in [6.07, 6.45) is -4.16. The number of rotatable bonds is 0. The second kappa shape index (κ2) is 2.40. The van der Waals surface area contributed by atoms with Crippen LogP contribution in [0.4, 0.5) is 13.2 Å². The maximum absolute atomic E-state index is 11.7. The molecule has 0 aromatic rings. The molecule has 0 aromatic carbocycles. The second-order valence-electron chi connectivity index (χ2n) is 1.77. The molecule has 1 atom stereocenters. The van der Waals surface area contributed by atoms with Gasteiger partial charge in [-0.25, -0.2) is 0 Å². The first-order valence-corrected chi connectivity index (χ1v) is 2.59. The molecule has 1 heterocycles. The quantitative estimate of drug-likeness (QED) is 0.525.